The summed E-state index contributed by atoms with van der Waals surface area (Å²) >= 11 is 1.70. The van der Waals surface area contributed by atoms with Crippen molar-refractivity contribution in [3.05, 3.63) is 58.4 Å². The Hall–Kier alpha value is -2.97. The predicted octanol–water partition coefficient (Wildman–Crippen LogP) is 4.77. The molecule has 31 heavy (non-hydrogen) atoms. The molecular formula is C23H28N6OS. The summed E-state index contributed by atoms with van der Waals surface area (Å²) in [5.74, 6) is 1.40. The van der Waals surface area contributed by atoms with E-state index < -0.39 is 0 Å². The molecular weight excluding hydrogens is 408 g/mol. The lowest BCUT2D eigenvalue weighted by atomic mass is 10.1. The zero-order chi connectivity index (χ0) is 21.8. The Morgan fingerprint density at radius 2 is 1.90 bits per heavy atom. The molecule has 4 aromatic rings. The molecule has 3 heterocycles. The minimum Gasteiger partial charge on any atom is -0.394 e. The van der Waals surface area contributed by atoms with Crippen molar-refractivity contribution < 1.29 is 5.11 Å². The first-order valence-corrected chi connectivity index (χ1v) is 11.5. The number of hydrogen-bond acceptors (Lipinski definition) is 7. The third-order valence-electron chi connectivity index (χ3n) is 5.32. The second-order valence-electron chi connectivity index (χ2n) is 7.86. The molecule has 0 saturated heterocycles. The second kappa shape index (κ2) is 9.45. The van der Waals surface area contributed by atoms with Crippen molar-refractivity contribution in [2.24, 2.45) is 0 Å². The Morgan fingerprint density at radius 1 is 1.10 bits per heavy atom. The zero-order valence-electron chi connectivity index (χ0n) is 18.0. The molecule has 0 aliphatic heterocycles. The van der Waals surface area contributed by atoms with Crippen LogP contribution < -0.4 is 10.6 Å². The molecule has 4 rings (SSSR count). The van der Waals surface area contributed by atoms with Gasteiger partial charge in [-0.25, -0.2) is 0 Å². The van der Waals surface area contributed by atoms with Gasteiger partial charge in [-0.3, -0.25) is 0 Å². The molecule has 3 N–H and O–H groups in total. The molecule has 0 radical (unpaired) electrons. The number of nitrogens with zero attached hydrogens (tertiary/aromatic N) is 4. The maximum Gasteiger partial charge on any atom is 0.229 e. The van der Waals surface area contributed by atoms with Gasteiger partial charge in [0.2, 0.25) is 11.9 Å². The molecule has 1 atom stereocenters. The zero-order valence-corrected chi connectivity index (χ0v) is 18.9. The van der Waals surface area contributed by atoms with Crippen LogP contribution in [-0.2, 0) is 6.54 Å². The number of aromatic nitrogens is 4. The summed E-state index contributed by atoms with van der Waals surface area (Å²) in [5.41, 5.74) is 5.44. The number of hydrogen-bond donors (Lipinski definition) is 3. The number of aliphatic hydroxyl groups is 1. The number of rotatable bonds is 9. The largest absolute Gasteiger partial charge is 0.394 e. The van der Waals surface area contributed by atoms with Gasteiger partial charge >= 0.3 is 0 Å². The summed E-state index contributed by atoms with van der Waals surface area (Å²) in [6.07, 6.45) is 2.63. The summed E-state index contributed by atoms with van der Waals surface area (Å²) in [7, 11) is 0. The van der Waals surface area contributed by atoms with Crippen LogP contribution in [0.1, 0.15) is 44.2 Å². The smallest absolute Gasteiger partial charge is 0.229 e. The number of aliphatic hydroxyl groups excluding tert-OH is 1. The fourth-order valence-corrected chi connectivity index (χ4v) is 4.03. The normalized spacial score (nSPS) is 12.4. The SMILES string of the molecule is CC[C@@H](CO)Nc1nc(NCc2ccc(-c3ccsc3)cc2)n2ncc(C(C)C)c2n1. The monoisotopic (exact) mass is 436 g/mol. The molecule has 3 aromatic heterocycles. The summed E-state index contributed by atoms with van der Waals surface area (Å²) in [6, 6.07) is 10.6. The van der Waals surface area contributed by atoms with E-state index in [9.17, 15) is 5.11 Å². The highest BCUT2D eigenvalue weighted by Gasteiger charge is 2.16. The van der Waals surface area contributed by atoms with E-state index in [1.165, 1.54) is 11.1 Å². The number of nitrogens with one attached hydrogen (secondary N) is 2. The van der Waals surface area contributed by atoms with Crippen LogP contribution >= 0.6 is 11.3 Å². The summed E-state index contributed by atoms with van der Waals surface area (Å²) in [4.78, 5) is 9.32. The van der Waals surface area contributed by atoms with Crippen molar-refractivity contribution in [2.75, 3.05) is 17.2 Å². The molecule has 0 spiro atoms. The highest BCUT2D eigenvalue weighted by atomic mass is 32.1. The summed E-state index contributed by atoms with van der Waals surface area (Å²) < 4.78 is 1.75. The van der Waals surface area contributed by atoms with Gasteiger partial charge in [0.1, 0.15) is 0 Å². The van der Waals surface area contributed by atoms with Gasteiger partial charge in [0.15, 0.2) is 5.65 Å². The average molecular weight is 437 g/mol. The quantitative estimate of drug-likeness (QED) is 0.350. The van der Waals surface area contributed by atoms with Gasteiger partial charge in [-0.05, 0) is 45.9 Å². The molecule has 0 bridgehead atoms. The van der Waals surface area contributed by atoms with E-state index in [1.807, 2.05) is 13.1 Å². The van der Waals surface area contributed by atoms with E-state index in [2.05, 4.69) is 80.6 Å². The Balaban J connectivity index is 1.59. The Morgan fingerprint density at radius 3 is 2.55 bits per heavy atom. The number of anilines is 2. The van der Waals surface area contributed by atoms with Gasteiger partial charge in [0, 0.05) is 12.1 Å². The van der Waals surface area contributed by atoms with Gasteiger partial charge in [-0.1, -0.05) is 45.0 Å². The van der Waals surface area contributed by atoms with Crippen LogP contribution in [0.3, 0.4) is 0 Å². The Kier molecular flexibility index (Phi) is 6.48. The molecule has 7 nitrogen and oxygen atoms in total. The lowest BCUT2D eigenvalue weighted by Crippen LogP contribution is -2.24. The van der Waals surface area contributed by atoms with E-state index in [-0.39, 0.29) is 18.6 Å². The van der Waals surface area contributed by atoms with Crippen molar-refractivity contribution in [1.82, 2.24) is 19.6 Å². The van der Waals surface area contributed by atoms with Gasteiger partial charge in [-0.15, -0.1) is 0 Å². The van der Waals surface area contributed by atoms with Crippen LogP contribution in [0.5, 0.6) is 0 Å². The Labute approximate surface area is 186 Å². The van der Waals surface area contributed by atoms with Gasteiger partial charge in [0.05, 0.1) is 18.8 Å². The molecule has 0 fully saturated rings. The van der Waals surface area contributed by atoms with Crippen LogP contribution in [0.15, 0.2) is 47.3 Å². The van der Waals surface area contributed by atoms with Crippen LogP contribution in [0.2, 0.25) is 0 Å². The topological polar surface area (TPSA) is 87.4 Å². The second-order valence-corrected chi connectivity index (χ2v) is 8.64. The van der Waals surface area contributed by atoms with Crippen LogP contribution in [0.25, 0.3) is 16.8 Å². The minimum atomic E-state index is -0.0922. The average Bonchev–Trinajstić information content (AvgIpc) is 3.46. The molecule has 162 valence electrons. The molecule has 1 aromatic carbocycles. The van der Waals surface area contributed by atoms with Gasteiger partial charge in [-0.2, -0.15) is 30.9 Å². The van der Waals surface area contributed by atoms with Crippen molar-refractivity contribution in [1.29, 1.82) is 0 Å². The molecule has 0 amide bonds. The highest BCUT2D eigenvalue weighted by Crippen LogP contribution is 2.24. The molecule has 0 unspecified atom stereocenters. The maximum atomic E-state index is 9.57. The minimum absolute atomic E-state index is 0.0284. The highest BCUT2D eigenvalue weighted by molar-refractivity contribution is 7.08. The standard InChI is InChI=1S/C23H28N6OS/c1-4-19(13-30)26-22-27-21-20(15(2)3)12-25-29(21)23(28-22)24-11-16-5-7-17(8-6-16)18-9-10-31-14-18/h5-10,12,14-15,19,30H,4,11,13H2,1-3H3,(H2,24,26,27,28)/t19-/m0/s1. The fraction of sp³-hybridized carbons (Fsp3) is 0.348. The lowest BCUT2D eigenvalue weighted by Gasteiger charge is -2.16. The van der Waals surface area contributed by atoms with E-state index in [1.54, 1.807) is 15.9 Å². The first kappa shape index (κ1) is 21.3. The van der Waals surface area contributed by atoms with Crippen LogP contribution in [0, 0.1) is 0 Å². The molecule has 0 aliphatic rings. The number of fused-ring (bicyclic) bond motifs is 1. The van der Waals surface area contributed by atoms with Gasteiger partial charge in [0.25, 0.3) is 0 Å². The lowest BCUT2D eigenvalue weighted by molar-refractivity contribution is 0.271. The van der Waals surface area contributed by atoms with E-state index >= 15 is 0 Å². The number of thiophene rings is 1. The summed E-state index contributed by atoms with van der Waals surface area (Å²) in [5, 5.41) is 25.0. The molecule has 0 aliphatic carbocycles. The van der Waals surface area contributed by atoms with Crippen molar-refractivity contribution in [3.8, 4) is 11.1 Å². The van der Waals surface area contributed by atoms with Crippen molar-refractivity contribution in [3.63, 3.8) is 0 Å². The van der Waals surface area contributed by atoms with Crippen LogP contribution in [0.4, 0.5) is 11.9 Å². The van der Waals surface area contributed by atoms with Crippen molar-refractivity contribution >= 4 is 28.9 Å². The maximum absolute atomic E-state index is 9.57. The van der Waals surface area contributed by atoms with Gasteiger partial charge < -0.3 is 15.7 Å². The fourth-order valence-electron chi connectivity index (χ4n) is 3.37. The summed E-state index contributed by atoms with van der Waals surface area (Å²) in [6.45, 7) is 6.90. The van der Waals surface area contributed by atoms with E-state index in [0.29, 0.717) is 18.4 Å². The van der Waals surface area contributed by atoms with E-state index in [4.69, 9.17) is 0 Å². The molecule has 8 heteroatoms. The number of benzene rings is 1. The predicted molar refractivity (Wildman–Crippen MR) is 127 cm³/mol. The third-order valence-corrected chi connectivity index (χ3v) is 6.01. The first-order chi connectivity index (χ1) is 15.1. The van der Waals surface area contributed by atoms with E-state index in [0.717, 1.165) is 23.2 Å². The third kappa shape index (κ3) is 4.70. The first-order valence-electron chi connectivity index (χ1n) is 10.6. The van der Waals surface area contributed by atoms with Crippen molar-refractivity contribution in [2.45, 2.75) is 45.7 Å². The van der Waals surface area contributed by atoms with Crippen LogP contribution in [-0.4, -0.2) is 37.3 Å². The Bertz CT molecular complexity index is 1120. The molecule has 0 saturated carbocycles.